The van der Waals surface area contributed by atoms with Gasteiger partial charge in [-0.15, -0.1) is 0 Å². The van der Waals surface area contributed by atoms with Crippen LogP contribution in [0, 0.1) is 17.8 Å². The van der Waals surface area contributed by atoms with Gasteiger partial charge in [0, 0.05) is 19.3 Å². The van der Waals surface area contributed by atoms with Crippen molar-refractivity contribution in [2.75, 3.05) is 13.2 Å². The minimum Gasteiger partial charge on any atom is -0.462 e. The largest absolute Gasteiger partial charge is 0.462 e. The Bertz CT molecular complexity index is 960. The van der Waals surface area contributed by atoms with Gasteiger partial charge in [0.1, 0.15) is 13.2 Å². The van der Waals surface area contributed by atoms with Crippen LogP contribution in [-0.4, -0.2) is 37.2 Å². The molecule has 6 heteroatoms. The number of carbonyl (C=O) groups is 3. The fraction of sp³-hybridized carbons (Fsp3) is 0.946. The van der Waals surface area contributed by atoms with Crippen LogP contribution < -0.4 is 0 Å². The average Bonchev–Trinajstić information content (AvgIpc) is 3.23. The molecule has 0 aromatic heterocycles. The molecule has 1 atom stereocenters. The zero-order valence-electron chi connectivity index (χ0n) is 42.7. The van der Waals surface area contributed by atoms with E-state index in [9.17, 15) is 14.4 Å². The topological polar surface area (TPSA) is 78.9 Å². The summed E-state index contributed by atoms with van der Waals surface area (Å²) < 4.78 is 16.9. The standard InChI is InChI=1S/C56H108O6/c1-50(2)42-36-30-24-18-13-10-8-7-9-11-15-22-29-35-41-47-56(59)62-53(49-61-55(58)46-40-34-28-23-17-20-26-32-38-44-52(5)6)48-60-54(57)45-39-33-27-21-16-12-14-19-25-31-37-43-51(3)4/h50-53H,7-49H2,1-6H3/t53-/m1/s1. The smallest absolute Gasteiger partial charge is 0.306 e. The first-order valence-electron chi connectivity index (χ1n) is 27.6. The second kappa shape index (κ2) is 47.4. The maximum Gasteiger partial charge on any atom is 0.306 e. The Hall–Kier alpha value is -1.59. The highest BCUT2D eigenvalue weighted by atomic mass is 16.6. The van der Waals surface area contributed by atoms with Crippen molar-refractivity contribution in [1.29, 1.82) is 0 Å². The molecular formula is C56H108O6. The Kier molecular flexibility index (Phi) is 46.2. The number of esters is 3. The van der Waals surface area contributed by atoms with Gasteiger partial charge in [-0.1, -0.05) is 266 Å². The van der Waals surface area contributed by atoms with Gasteiger partial charge in [-0.2, -0.15) is 0 Å². The molecule has 0 radical (unpaired) electrons. The molecule has 0 aliphatic carbocycles. The van der Waals surface area contributed by atoms with Crippen LogP contribution in [0.2, 0.25) is 0 Å². The van der Waals surface area contributed by atoms with Gasteiger partial charge in [0.15, 0.2) is 6.10 Å². The predicted molar refractivity (Wildman–Crippen MR) is 266 cm³/mol. The highest BCUT2D eigenvalue weighted by Gasteiger charge is 2.19. The van der Waals surface area contributed by atoms with E-state index in [-0.39, 0.29) is 31.1 Å². The summed E-state index contributed by atoms with van der Waals surface area (Å²) in [4.78, 5) is 38.0. The van der Waals surface area contributed by atoms with Crippen LogP contribution in [0.25, 0.3) is 0 Å². The number of hydrogen-bond acceptors (Lipinski definition) is 6. The molecule has 0 rings (SSSR count). The van der Waals surface area contributed by atoms with E-state index in [1.54, 1.807) is 0 Å². The molecule has 0 aliphatic heterocycles. The summed E-state index contributed by atoms with van der Waals surface area (Å²) in [7, 11) is 0. The van der Waals surface area contributed by atoms with Crippen LogP contribution in [0.5, 0.6) is 0 Å². The summed E-state index contributed by atoms with van der Waals surface area (Å²) in [5.41, 5.74) is 0. The molecule has 0 saturated heterocycles. The Labute approximate surface area is 387 Å². The van der Waals surface area contributed by atoms with Gasteiger partial charge in [-0.3, -0.25) is 14.4 Å². The summed E-state index contributed by atoms with van der Waals surface area (Å²) in [6, 6.07) is 0. The first-order valence-corrected chi connectivity index (χ1v) is 27.6. The molecule has 0 aromatic carbocycles. The summed E-state index contributed by atoms with van der Waals surface area (Å²) >= 11 is 0. The van der Waals surface area contributed by atoms with Crippen molar-refractivity contribution in [3.63, 3.8) is 0 Å². The Balaban J connectivity index is 4.30. The van der Waals surface area contributed by atoms with Gasteiger partial charge in [0.2, 0.25) is 0 Å². The van der Waals surface area contributed by atoms with E-state index < -0.39 is 6.10 Å². The Morgan fingerprint density at radius 2 is 0.468 bits per heavy atom. The molecule has 0 bridgehead atoms. The van der Waals surface area contributed by atoms with Crippen molar-refractivity contribution < 1.29 is 28.6 Å². The van der Waals surface area contributed by atoms with Crippen molar-refractivity contribution >= 4 is 17.9 Å². The van der Waals surface area contributed by atoms with E-state index in [4.69, 9.17) is 14.2 Å². The lowest BCUT2D eigenvalue weighted by Crippen LogP contribution is -2.30. The zero-order valence-corrected chi connectivity index (χ0v) is 42.7. The van der Waals surface area contributed by atoms with Gasteiger partial charge >= 0.3 is 17.9 Å². The summed E-state index contributed by atoms with van der Waals surface area (Å²) in [5.74, 6) is 1.63. The minimum atomic E-state index is -0.763. The lowest BCUT2D eigenvalue weighted by molar-refractivity contribution is -0.167. The molecule has 0 unspecified atom stereocenters. The molecule has 0 aliphatic rings. The number of rotatable bonds is 49. The van der Waals surface area contributed by atoms with Crippen molar-refractivity contribution in [2.45, 2.75) is 311 Å². The average molecular weight is 877 g/mol. The van der Waals surface area contributed by atoms with E-state index in [0.717, 1.165) is 75.5 Å². The normalized spacial score (nSPS) is 12.1. The van der Waals surface area contributed by atoms with Crippen molar-refractivity contribution in [2.24, 2.45) is 17.8 Å². The summed E-state index contributed by atoms with van der Waals surface area (Å²) in [6.45, 7) is 13.7. The van der Waals surface area contributed by atoms with Crippen LogP contribution in [0.3, 0.4) is 0 Å². The monoisotopic (exact) mass is 877 g/mol. The molecule has 0 N–H and O–H groups in total. The van der Waals surface area contributed by atoms with E-state index in [1.807, 2.05) is 0 Å². The third kappa shape index (κ3) is 49.4. The van der Waals surface area contributed by atoms with Gasteiger partial charge < -0.3 is 14.2 Å². The van der Waals surface area contributed by atoms with Crippen LogP contribution in [-0.2, 0) is 28.6 Å². The van der Waals surface area contributed by atoms with E-state index >= 15 is 0 Å². The summed E-state index contributed by atoms with van der Waals surface area (Å²) in [5, 5.41) is 0. The summed E-state index contributed by atoms with van der Waals surface area (Å²) in [6.07, 6.45) is 48.1. The molecule has 6 nitrogen and oxygen atoms in total. The van der Waals surface area contributed by atoms with Crippen LogP contribution in [0.4, 0.5) is 0 Å². The number of carbonyl (C=O) groups excluding carboxylic acids is 3. The third-order valence-corrected chi connectivity index (χ3v) is 12.6. The van der Waals surface area contributed by atoms with Crippen LogP contribution in [0.1, 0.15) is 305 Å². The SMILES string of the molecule is CC(C)CCCCCCCCCCCCCCCCCC(=O)O[C@H](COC(=O)CCCCCCCCCCCCCC(C)C)COC(=O)CCCCCCCCCCCC(C)C. The van der Waals surface area contributed by atoms with Crippen molar-refractivity contribution in [1.82, 2.24) is 0 Å². The fourth-order valence-corrected chi connectivity index (χ4v) is 8.47. The van der Waals surface area contributed by atoms with Crippen LogP contribution in [0.15, 0.2) is 0 Å². The maximum atomic E-state index is 12.8. The molecule has 0 spiro atoms. The number of hydrogen-bond donors (Lipinski definition) is 0. The molecule has 0 heterocycles. The highest BCUT2D eigenvalue weighted by molar-refractivity contribution is 5.71. The molecule has 0 aromatic rings. The quantitative estimate of drug-likeness (QED) is 0.0344. The highest BCUT2D eigenvalue weighted by Crippen LogP contribution is 2.18. The second-order valence-corrected chi connectivity index (χ2v) is 20.6. The number of ether oxygens (including phenoxy) is 3. The van der Waals surface area contributed by atoms with Crippen LogP contribution >= 0.6 is 0 Å². The van der Waals surface area contributed by atoms with Gasteiger partial charge in [-0.25, -0.2) is 0 Å². The second-order valence-electron chi connectivity index (χ2n) is 20.6. The van der Waals surface area contributed by atoms with Gasteiger partial charge in [0.05, 0.1) is 0 Å². The lowest BCUT2D eigenvalue weighted by Gasteiger charge is -2.18. The molecule has 0 amide bonds. The van der Waals surface area contributed by atoms with Gasteiger partial charge in [-0.05, 0) is 37.0 Å². The molecule has 368 valence electrons. The van der Waals surface area contributed by atoms with Crippen molar-refractivity contribution in [3.8, 4) is 0 Å². The van der Waals surface area contributed by atoms with E-state index in [0.29, 0.717) is 19.3 Å². The van der Waals surface area contributed by atoms with E-state index in [1.165, 1.54) is 186 Å². The number of unbranched alkanes of at least 4 members (excludes halogenated alkanes) is 32. The predicted octanol–water partition coefficient (Wildman–Crippen LogP) is 17.9. The zero-order chi connectivity index (χ0) is 45.6. The Morgan fingerprint density at radius 1 is 0.274 bits per heavy atom. The van der Waals surface area contributed by atoms with E-state index in [2.05, 4.69) is 41.5 Å². The first kappa shape index (κ1) is 60.4. The molecular weight excluding hydrogens is 769 g/mol. The maximum absolute atomic E-state index is 12.8. The van der Waals surface area contributed by atoms with Crippen molar-refractivity contribution in [3.05, 3.63) is 0 Å². The fourth-order valence-electron chi connectivity index (χ4n) is 8.47. The molecule has 62 heavy (non-hydrogen) atoms. The first-order chi connectivity index (χ1) is 30.1. The lowest BCUT2D eigenvalue weighted by atomic mass is 10.0. The van der Waals surface area contributed by atoms with Gasteiger partial charge in [0.25, 0.3) is 0 Å². The molecule has 0 fully saturated rings. The third-order valence-electron chi connectivity index (χ3n) is 12.6. The minimum absolute atomic E-state index is 0.0643. The Morgan fingerprint density at radius 3 is 0.694 bits per heavy atom. The molecule has 0 saturated carbocycles.